The third kappa shape index (κ3) is 3.23. The Hall–Kier alpha value is -3.02. The number of carbonyl (C=O) groups excluding carboxylic acids is 2. The number of fused-ring (bicyclic) bond motifs is 2. The lowest BCUT2D eigenvalue weighted by Crippen LogP contribution is -2.49. The van der Waals surface area contributed by atoms with E-state index < -0.39 is 6.04 Å². The topological polar surface area (TPSA) is 67.9 Å². The van der Waals surface area contributed by atoms with Crippen LogP contribution in [0.3, 0.4) is 0 Å². The van der Waals surface area contributed by atoms with Gasteiger partial charge in [0, 0.05) is 18.7 Å². The minimum Gasteiger partial charge on any atom is -0.454 e. The maximum atomic E-state index is 12.9. The number of nitrogens with zero attached hydrogens (tertiary/aromatic N) is 1. The second-order valence-electron chi connectivity index (χ2n) is 7.18. The smallest absolute Gasteiger partial charge is 0.255 e. The van der Waals surface area contributed by atoms with E-state index in [-0.39, 0.29) is 24.5 Å². The quantitative estimate of drug-likeness (QED) is 0.884. The average molecular weight is 366 g/mol. The normalized spacial score (nSPS) is 15.8. The highest BCUT2D eigenvalue weighted by Crippen LogP contribution is 2.32. The summed E-state index contributed by atoms with van der Waals surface area (Å²) in [7, 11) is 0. The van der Waals surface area contributed by atoms with Gasteiger partial charge in [-0.15, -0.1) is 0 Å². The van der Waals surface area contributed by atoms with Gasteiger partial charge in [-0.3, -0.25) is 9.59 Å². The number of hydrogen-bond acceptors (Lipinski definition) is 4. The van der Waals surface area contributed by atoms with E-state index in [0.717, 1.165) is 11.1 Å². The highest BCUT2D eigenvalue weighted by Gasteiger charge is 2.37. The van der Waals surface area contributed by atoms with Crippen molar-refractivity contribution in [2.24, 2.45) is 5.92 Å². The van der Waals surface area contributed by atoms with Gasteiger partial charge in [0.1, 0.15) is 6.04 Å². The van der Waals surface area contributed by atoms with E-state index in [1.807, 2.05) is 56.3 Å². The van der Waals surface area contributed by atoms with Crippen LogP contribution in [0.4, 0.5) is 0 Å². The van der Waals surface area contributed by atoms with E-state index in [1.165, 1.54) is 0 Å². The van der Waals surface area contributed by atoms with Crippen LogP contribution < -0.4 is 14.8 Å². The molecule has 6 heteroatoms. The molecule has 0 aliphatic carbocycles. The molecule has 2 aromatic rings. The maximum absolute atomic E-state index is 12.9. The van der Waals surface area contributed by atoms with Gasteiger partial charge in [-0.25, -0.2) is 0 Å². The lowest BCUT2D eigenvalue weighted by atomic mass is 10.0. The summed E-state index contributed by atoms with van der Waals surface area (Å²) in [6.07, 6.45) is 0. The van der Waals surface area contributed by atoms with Crippen LogP contribution in [0.25, 0.3) is 0 Å². The zero-order valence-corrected chi connectivity index (χ0v) is 15.4. The Kier molecular flexibility index (Phi) is 4.48. The second-order valence-corrected chi connectivity index (χ2v) is 7.18. The number of ether oxygens (including phenoxy) is 2. The number of carbonyl (C=O) groups is 2. The molecular formula is C21H22N2O4. The first kappa shape index (κ1) is 17.4. The molecule has 0 fully saturated rings. The Balaban J connectivity index is 1.46. The zero-order chi connectivity index (χ0) is 19.0. The zero-order valence-electron chi connectivity index (χ0n) is 15.4. The summed E-state index contributed by atoms with van der Waals surface area (Å²) in [6, 6.07) is 12.6. The third-order valence-corrected chi connectivity index (χ3v) is 4.99. The van der Waals surface area contributed by atoms with Crippen molar-refractivity contribution >= 4 is 11.8 Å². The number of amides is 2. The molecule has 2 amide bonds. The summed E-state index contributed by atoms with van der Waals surface area (Å²) in [5, 5.41) is 2.97. The lowest BCUT2D eigenvalue weighted by Gasteiger charge is -2.30. The van der Waals surface area contributed by atoms with Crippen LogP contribution in [0, 0.1) is 5.92 Å². The molecule has 1 N–H and O–H groups in total. The minimum atomic E-state index is -0.515. The van der Waals surface area contributed by atoms with Gasteiger partial charge in [0.2, 0.25) is 12.7 Å². The molecule has 0 bridgehead atoms. The predicted octanol–water partition coefficient (Wildman–Crippen LogP) is 2.71. The fraction of sp³-hybridized carbons (Fsp3) is 0.333. The SMILES string of the molecule is CC(C)[C@@H](C(=O)NCc1ccc2c(c1)OCO2)N1Cc2ccccc2C1=O. The molecule has 0 aromatic heterocycles. The fourth-order valence-corrected chi connectivity index (χ4v) is 3.65. The summed E-state index contributed by atoms with van der Waals surface area (Å²) in [5.74, 6) is 1.17. The van der Waals surface area contributed by atoms with Gasteiger partial charge >= 0.3 is 0 Å². The Morgan fingerprint density at radius 2 is 1.93 bits per heavy atom. The van der Waals surface area contributed by atoms with Gasteiger partial charge in [0.25, 0.3) is 5.91 Å². The van der Waals surface area contributed by atoms with Crippen LogP contribution in [-0.2, 0) is 17.9 Å². The summed E-state index contributed by atoms with van der Waals surface area (Å²) in [4.78, 5) is 27.4. The summed E-state index contributed by atoms with van der Waals surface area (Å²) in [5.41, 5.74) is 2.58. The van der Waals surface area contributed by atoms with Gasteiger partial charge in [0.05, 0.1) is 0 Å². The molecule has 27 heavy (non-hydrogen) atoms. The van der Waals surface area contributed by atoms with Crippen molar-refractivity contribution in [3.63, 3.8) is 0 Å². The van der Waals surface area contributed by atoms with Crippen molar-refractivity contribution < 1.29 is 19.1 Å². The number of rotatable bonds is 5. The van der Waals surface area contributed by atoms with Crippen molar-refractivity contribution in [3.05, 3.63) is 59.2 Å². The standard InChI is InChI=1S/C21H22N2O4/c1-13(2)19(23-11-15-5-3-4-6-16(15)21(23)25)20(24)22-10-14-7-8-17-18(9-14)27-12-26-17/h3-9,13,19H,10-12H2,1-2H3,(H,22,24)/t19-/m0/s1. The van der Waals surface area contributed by atoms with Gasteiger partial charge in [0.15, 0.2) is 11.5 Å². The van der Waals surface area contributed by atoms with Crippen LogP contribution in [0.15, 0.2) is 42.5 Å². The maximum Gasteiger partial charge on any atom is 0.255 e. The van der Waals surface area contributed by atoms with Crippen LogP contribution in [0.1, 0.15) is 35.3 Å². The molecule has 2 aromatic carbocycles. The number of benzene rings is 2. The van der Waals surface area contributed by atoms with E-state index in [2.05, 4.69) is 5.32 Å². The van der Waals surface area contributed by atoms with Crippen molar-refractivity contribution in [3.8, 4) is 11.5 Å². The monoisotopic (exact) mass is 366 g/mol. The van der Waals surface area contributed by atoms with E-state index in [4.69, 9.17) is 9.47 Å². The van der Waals surface area contributed by atoms with Crippen LogP contribution in [0.2, 0.25) is 0 Å². The summed E-state index contributed by atoms with van der Waals surface area (Å²) < 4.78 is 10.7. The molecule has 0 unspecified atom stereocenters. The molecule has 4 rings (SSSR count). The van der Waals surface area contributed by atoms with Crippen LogP contribution >= 0.6 is 0 Å². The molecule has 0 saturated heterocycles. The summed E-state index contributed by atoms with van der Waals surface area (Å²) >= 11 is 0. The largest absolute Gasteiger partial charge is 0.454 e. The lowest BCUT2D eigenvalue weighted by molar-refractivity contribution is -0.127. The Labute approximate surface area is 158 Å². The Morgan fingerprint density at radius 3 is 2.70 bits per heavy atom. The predicted molar refractivity (Wildman–Crippen MR) is 99.4 cm³/mol. The first-order valence-corrected chi connectivity index (χ1v) is 9.09. The molecule has 0 radical (unpaired) electrons. The Morgan fingerprint density at radius 1 is 1.15 bits per heavy atom. The van der Waals surface area contributed by atoms with Gasteiger partial charge in [-0.1, -0.05) is 38.1 Å². The molecule has 2 heterocycles. The molecule has 0 saturated carbocycles. The summed E-state index contributed by atoms with van der Waals surface area (Å²) in [6.45, 7) is 4.98. The molecule has 1 atom stereocenters. The van der Waals surface area contributed by atoms with Crippen molar-refractivity contribution in [2.75, 3.05) is 6.79 Å². The second kappa shape index (κ2) is 6.95. The Bertz CT molecular complexity index is 894. The molecule has 140 valence electrons. The molecular weight excluding hydrogens is 344 g/mol. The molecule has 2 aliphatic rings. The van der Waals surface area contributed by atoms with E-state index in [1.54, 1.807) is 4.90 Å². The third-order valence-electron chi connectivity index (χ3n) is 4.99. The van der Waals surface area contributed by atoms with Gasteiger partial charge in [-0.05, 0) is 35.2 Å². The highest BCUT2D eigenvalue weighted by molar-refractivity contribution is 6.01. The first-order valence-electron chi connectivity index (χ1n) is 9.09. The van der Waals surface area contributed by atoms with E-state index in [0.29, 0.717) is 30.2 Å². The van der Waals surface area contributed by atoms with Crippen LogP contribution in [-0.4, -0.2) is 29.5 Å². The first-order chi connectivity index (χ1) is 13.0. The van der Waals surface area contributed by atoms with E-state index >= 15 is 0 Å². The molecule has 6 nitrogen and oxygen atoms in total. The minimum absolute atomic E-state index is 0.0000150. The average Bonchev–Trinajstić information content (AvgIpc) is 3.25. The van der Waals surface area contributed by atoms with Crippen molar-refractivity contribution in [1.82, 2.24) is 10.2 Å². The van der Waals surface area contributed by atoms with Crippen molar-refractivity contribution in [1.29, 1.82) is 0 Å². The molecule has 0 spiro atoms. The van der Waals surface area contributed by atoms with E-state index in [9.17, 15) is 9.59 Å². The number of nitrogens with one attached hydrogen (secondary N) is 1. The fourth-order valence-electron chi connectivity index (χ4n) is 3.65. The van der Waals surface area contributed by atoms with Gasteiger partial charge < -0.3 is 19.7 Å². The van der Waals surface area contributed by atoms with Crippen LogP contribution in [0.5, 0.6) is 11.5 Å². The van der Waals surface area contributed by atoms with Crippen molar-refractivity contribution in [2.45, 2.75) is 33.0 Å². The number of hydrogen-bond donors (Lipinski definition) is 1. The van der Waals surface area contributed by atoms with Gasteiger partial charge in [-0.2, -0.15) is 0 Å². The molecule has 2 aliphatic heterocycles. The highest BCUT2D eigenvalue weighted by atomic mass is 16.7.